The molecule has 4 nitrogen and oxygen atoms in total. The fourth-order valence-corrected chi connectivity index (χ4v) is 4.16. The van der Waals surface area contributed by atoms with Crippen molar-refractivity contribution in [2.75, 3.05) is 32.7 Å². The smallest absolute Gasteiger partial charge is 0.0224 e. The molecule has 0 spiro atoms. The third kappa shape index (κ3) is 3.73. The van der Waals surface area contributed by atoms with Crippen LogP contribution in [0, 0.1) is 11.8 Å². The molecule has 2 aliphatic rings. The van der Waals surface area contributed by atoms with E-state index in [2.05, 4.69) is 30.6 Å². The highest BCUT2D eigenvalue weighted by atomic mass is 15.2. The molecule has 2 saturated heterocycles. The minimum Gasteiger partial charge on any atom is -0.330 e. The monoisotopic (exact) mass is 282 g/mol. The molecule has 4 atom stereocenters. The van der Waals surface area contributed by atoms with E-state index < -0.39 is 0 Å². The Bertz CT molecular complexity index is 294. The Balaban J connectivity index is 1.82. The van der Waals surface area contributed by atoms with Gasteiger partial charge in [0.25, 0.3) is 0 Å². The van der Waals surface area contributed by atoms with Crippen LogP contribution in [0.25, 0.3) is 0 Å². The first-order chi connectivity index (χ1) is 9.55. The lowest BCUT2D eigenvalue weighted by Crippen LogP contribution is -2.40. The lowest BCUT2D eigenvalue weighted by Gasteiger charge is -2.28. The first-order valence-electron chi connectivity index (χ1n) is 8.45. The molecule has 2 fully saturated rings. The SMILES string of the molecule is CC(CC1CC(CN)N(C(C)C)C1)N1CCC(CN)C1. The van der Waals surface area contributed by atoms with Gasteiger partial charge in [-0.05, 0) is 65.0 Å². The minimum atomic E-state index is 0.600. The summed E-state index contributed by atoms with van der Waals surface area (Å²) in [5.41, 5.74) is 11.7. The van der Waals surface area contributed by atoms with E-state index >= 15 is 0 Å². The molecule has 2 rings (SSSR count). The Morgan fingerprint density at radius 3 is 2.30 bits per heavy atom. The maximum absolute atomic E-state index is 5.95. The predicted molar refractivity (Wildman–Crippen MR) is 85.6 cm³/mol. The second-order valence-corrected chi connectivity index (χ2v) is 7.25. The molecule has 4 heteroatoms. The summed E-state index contributed by atoms with van der Waals surface area (Å²) in [5, 5.41) is 0. The lowest BCUT2D eigenvalue weighted by molar-refractivity contribution is 0.191. The van der Waals surface area contributed by atoms with Gasteiger partial charge in [0.05, 0.1) is 0 Å². The second-order valence-electron chi connectivity index (χ2n) is 7.25. The van der Waals surface area contributed by atoms with Gasteiger partial charge >= 0.3 is 0 Å². The van der Waals surface area contributed by atoms with Gasteiger partial charge < -0.3 is 16.4 Å². The molecular formula is C16H34N4. The van der Waals surface area contributed by atoms with E-state index in [-0.39, 0.29) is 0 Å². The van der Waals surface area contributed by atoms with E-state index in [0.29, 0.717) is 18.1 Å². The number of hydrogen-bond acceptors (Lipinski definition) is 4. The molecule has 0 aromatic rings. The van der Waals surface area contributed by atoms with Gasteiger partial charge in [-0.15, -0.1) is 0 Å². The van der Waals surface area contributed by atoms with Gasteiger partial charge in [-0.2, -0.15) is 0 Å². The standard InChI is InChI=1S/C16H34N4/c1-12(2)20-11-15(7-16(20)9-18)6-13(3)19-5-4-14(8-17)10-19/h12-16H,4-11,17-18H2,1-3H3. The van der Waals surface area contributed by atoms with E-state index in [0.717, 1.165) is 24.9 Å². The second kappa shape index (κ2) is 7.21. The number of rotatable bonds is 6. The van der Waals surface area contributed by atoms with Crippen LogP contribution in [-0.4, -0.2) is 60.6 Å². The molecule has 0 saturated carbocycles. The van der Waals surface area contributed by atoms with Crippen molar-refractivity contribution in [3.8, 4) is 0 Å². The normalized spacial score (nSPS) is 34.2. The van der Waals surface area contributed by atoms with Gasteiger partial charge in [0.1, 0.15) is 0 Å². The van der Waals surface area contributed by atoms with Crippen LogP contribution < -0.4 is 11.5 Å². The zero-order valence-electron chi connectivity index (χ0n) is 13.6. The summed E-state index contributed by atoms with van der Waals surface area (Å²) in [6.07, 6.45) is 3.89. The average molecular weight is 282 g/mol. The Hall–Kier alpha value is -0.160. The van der Waals surface area contributed by atoms with Crippen molar-refractivity contribution in [2.45, 2.75) is 58.2 Å². The van der Waals surface area contributed by atoms with Gasteiger partial charge in [0.2, 0.25) is 0 Å². The molecule has 0 bridgehead atoms. The van der Waals surface area contributed by atoms with Crippen LogP contribution in [0.1, 0.15) is 40.0 Å². The van der Waals surface area contributed by atoms with E-state index in [1.165, 1.54) is 38.9 Å². The van der Waals surface area contributed by atoms with Crippen LogP contribution in [0.3, 0.4) is 0 Å². The predicted octanol–water partition coefficient (Wildman–Crippen LogP) is 1.10. The fourth-order valence-electron chi connectivity index (χ4n) is 4.16. The summed E-state index contributed by atoms with van der Waals surface area (Å²) >= 11 is 0. The highest BCUT2D eigenvalue weighted by Crippen LogP contribution is 2.30. The van der Waals surface area contributed by atoms with E-state index in [1.807, 2.05) is 0 Å². The first kappa shape index (κ1) is 16.2. The zero-order valence-corrected chi connectivity index (χ0v) is 13.6. The summed E-state index contributed by atoms with van der Waals surface area (Å²) in [7, 11) is 0. The number of likely N-dealkylation sites (tertiary alicyclic amines) is 2. The summed E-state index contributed by atoms with van der Waals surface area (Å²) in [5.74, 6) is 1.54. The van der Waals surface area contributed by atoms with Gasteiger partial charge in [0.15, 0.2) is 0 Å². The third-order valence-electron chi connectivity index (χ3n) is 5.43. The Labute approximate surface area is 124 Å². The largest absolute Gasteiger partial charge is 0.330 e. The fraction of sp³-hybridized carbons (Fsp3) is 1.00. The Morgan fingerprint density at radius 1 is 1.05 bits per heavy atom. The molecule has 2 heterocycles. The molecule has 4 N–H and O–H groups in total. The lowest BCUT2D eigenvalue weighted by atomic mass is 9.97. The average Bonchev–Trinajstić information content (AvgIpc) is 3.04. The van der Waals surface area contributed by atoms with Crippen LogP contribution in [0.15, 0.2) is 0 Å². The third-order valence-corrected chi connectivity index (χ3v) is 5.43. The Kier molecular flexibility index (Phi) is 5.84. The molecule has 0 aromatic carbocycles. The topological polar surface area (TPSA) is 58.5 Å². The molecular weight excluding hydrogens is 248 g/mol. The van der Waals surface area contributed by atoms with Crippen molar-refractivity contribution in [2.24, 2.45) is 23.3 Å². The minimum absolute atomic E-state index is 0.600. The van der Waals surface area contributed by atoms with Crippen molar-refractivity contribution in [3.05, 3.63) is 0 Å². The van der Waals surface area contributed by atoms with Crippen LogP contribution >= 0.6 is 0 Å². The molecule has 118 valence electrons. The highest BCUT2D eigenvalue weighted by molar-refractivity contribution is 4.90. The molecule has 20 heavy (non-hydrogen) atoms. The van der Waals surface area contributed by atoms with E-state index in [4.69, 9.17) is 11.5 Å². The molecule has 0 radical (unpaired) electrons. The maximum atomic E-state index is 5.95. The van der Waals surface area contributed by atoms with E-state index in [9.17, 15) is 0 Å². The summed E-state index contributed by atoms with van der Waals surface area (Å²) in [6.45, 7) is 12.3. The molecule has 0 aliphatic carbocycles. The van der Waals surface area contributed by atoms with Crippen molar-refractivity contribution in [1.82, 2.24) is 9.80 Å². The number of nitrogens with two attached hydrogens (primary N) is 2. The molecule has 0 amide bonds. The molecule has 4 unspecified atom stereocenters. The van der Waals surface area contributed by atoms with Crippen LogP contribution in [0.4, 0.5) is 0 Å². The van der Waals surface area contributed by atoms with Crippen LogP contribution in [0.2, 0.25) is 0 Å². The van der Waals surface area contributed by atoms with Crippen molar-refractivity contribution in [3.63, 3.8) is 0 Å². The van der Waals surface area contributed by atoms with Crippen molar-refractivity contribution < 1.29 is 0 Å². The highest BCUT2D eigenvalue weighted by Gasteiger charge is 2.34. The summed E-state index contributed by atoms with van der Waals surface area (Å²) in [4.78, 5) is 5.25. The van der Waals surface area contributed by atoms with Gasteiger partial charge in [-0.25, -0.2) is 0 Å². The zero-order chi connectivity index (χ0) is 14.7. The molecule has 0 aromatic heterocycles. The van der Waals surface area contributed by atoms with Gasteiger partial charge in [0, 0.05) is 37.8 Å². The van der Waals surface area contributed by atoms with Crippen LogP contribution in [0.5, 0.6) is 0 Å². The maximum Gasteiger partial charge on any atom is 0.0224 e. The van der Waals surface area contributed by atoms with Gasteiger partial charge in [-0.3, -0.25) is 4.90 Å². The van der Waals surface area contributed by atoms with Crippen LogP contribution in [-0.2, 0) is 0 Å². The summed E-state index contributed by atoms with van der Waals surface area (Å²) in [6, 6.07) is 1.92. The number of hydrogen-bond donors (Lipinski definition) is 2. The van der Waals surface area contributed by atoms with E-state index in [1.54, 1.807) is 0 Å². The Morgan fingerprint density at radius 2 is 1.80 bits per heavy atom. The first-order valence-corrected chi connectivity index (χ1v) is 8.45. The van der Waals surface area contributed by atoms with Gasteiger partial charge in [-0.1, -0.05) is 0 Å². The summed E-state index contributed by atoms with van der Waals surface area (Å²) < 4.78 is 0. The number of nitrogens with zero attached hydrogens (tertiary/aromatic N) is 2. The molecule has 2 aliphatic heterocycles. The van der Waals surface area contributed by atoms with Crippen molar-refractivity contribution >= 4 is 0 Å². The van der Waals surface area contributed by atoms with Crippen molar-refractivity contribution in [1.29, 1.82) is 0 Å². The quantitative estimate of drug-likeness (QED) is 0.766.